The highest BCUT2D eigenvalue weighted by molar-refractivity contribution is 8.14. The summed E-state index contributed by atoms with van der Waals surface area (Å²) in [5.41, 5.74) is 5.94. The highest BCUT2D eigenvalue weighted by atomic mass is 32.2. The van der Waals surface area contributed by atoms with Crippen LogP contribution >= 0.6 is 11.8 Å². The summed E-state index contributed by atoms with van der Waals surface area (Å²) in [6.45, 7) is 3.18. The largest absolute Gasteiger partial charge is 0.281 e. The van der Waals surface area contributed by atoms with Crippen molar-refractivity contribution < 1.29 is 0 Å². The maximum absolute atomic E-state index is 4.91. The van der Waals surface area contributed by atoms with Crippen LogP contribution in [0.2, 0.25) is 0 Å². The summed E-state index contributed by atoms with van der Waals surface area (Å²) in [7, 11) is 0. The minimum Gasteiger partial charge on any atom is -0.281 e. The third kappa shape index (κ3) is 2.88. The van der Waals surface area contributed by atoms with Crippen LogP contribution in [0, 0.1) is 5.41 Å². The lowest BCUT2D eigenvalue weighted by molar-refractivity contribution is 0.490. The first-order valence-corrected chi connectivity index (χ1v) is 10.4. The lowest BCUT2D eigenvalue weighted by Gasteiger charge is -2.38. The quantitative estimate of drug-likeness (QED) is 0.653. The zero-order valence-electron chi connectivity index (χ0n) is 15.4. The topological polar surface area (TPSA) is 38.1 Å². The number of allylic oxidation sites excluding steroid dienone is 1. The second-order valence-corrected chi connectivity index (χ2v) is 8.43. The van der Waals surface area contributed by atoms with E-state index in [0.29, 0.717) is 0 Å². The Morgan fingerprint density at radius 1 is 1.07 bits per heavy atom. The van der Waals surface area contributed by atoms with Gasteiger partial charge in [-0.25, -0.2) is 9.97 Å². The molecule has 0 amide bonds. The van der Waals surface area contributed by atoms with Crippen LogP contribution in [0.3, 0.4) is 0 Å². The summed E-state index contributed by atoms with van der Waals surface area (Å²) in [4.78, 5) is 14.2. The Labute approximate surface area is 163 Å². The van der Waals surface area contributed by atoms with Gasteiger partial charge in [0.15, 0.2) is 5.65 Å². The number of thioether (sulfide) groups is 1. The molecule has 1 unspecified atom stereocenters. The van der Waals surface area contributed by atoms with Crippen molar-refractivity contribution in [3.8, 4) is 0 Å². The molecule has 0 saturated heterocycles. The monoisotopic (exact) mass is 371 g/mol. The zero-order chi connectivity index (χ0) is 18.3. The standard InChI is InChI=1S/C23H21N3S/c1-16-13-18-5-2-3-6-19(18)14-23(16,22-25-11-12-27-22)15-20-9-8-17-7-4-10-24-21(17)26-20/h2-10,13H,11-12,14-15H2,1H3. The van der Waals surface area contributed by atoms with Gasteiger partial charge in [-0.15, -0.1) is 11.8 Å². The molecule has 2 aliphatic rings. The number of benzene rings is 1. The van der Waals surface area contributed by atoms with Gasteiger partial charge in [-0.2, -0.15) is 0 Å². The summed E-state index contributed by atoms with van der Waals surface area (Å²) in [6, 6.07) is 17.0. The van der Waals surface area contributed by atoms with E-state index in [2.05, 4.69) is 60.4 Å². The third-order valence-electron chi connectivity index (χ3n) is 5.67. The highest BCUT2D eigenvalue weighted by Crippen LogP contribution is 2.46. The van der Waals surface area contributed by atoms with Gasteiger partial charge in [0.05, 0.1) is 5.04 Å². The Kier molecular flexibility index (Phi) is 4.09. The molecule has 0 spiro atoms. The SMILES string of the molecule is CC1=Cc2ccccc2CC1(Cc1ccc2cccnc2n1)C1=NCCS1. The molecule has 27 heavy (non-hydrogen) atoms. The fraction of sp³-hybridized carbons (Fsp3) is 0.261. The van der Waals surface area contributed by atoms with Crippen molar-refractivity contribution in [2.45, 2.75) is 19.8 Å². The predicted octanol–water partition coefficient (Wildman–Crippen LogP) is 4.96. The maximum Gasteiger partial charge on any atom is 0.159 e. The average molecular weight is 372 g/mol. The number of hydrogen-bond acceptors (Lipinski definition) is 4. The summed E-state index contributed by atoms with van der Waals surface area (Å²) in [6.07, 6.45) is 6.01. The molecule has 1 aliphatic carbocycles. The van der Waals surface area contributed by atoms with Gasteiger partial charge < -0.3 is 0 Å². The molecular weight excluding hydrogens is 350 g/mol. The minimum atomic E-state index is -0.0923. The molecule has 1 aromatic carbocycles. The van der Waals surface area contributed by atoms with Gasteiger partial charge in [-0.3, -0.25) is 4.99 Å². The van der Waals surface area contributed by atoms with Gasteiger partial charge in [0.2, 0.25) is 0 Å². The van der Waals surface area contributed by atoms with Crippen molar-refractivity contribution in [3.63, 3.8) is 0 Å². The van der Waals surface area contributed by atoms with E-state index >= 15 is 0 Å². The predicted molar refractivity (Wildman–Crippen MR) is 114 cm³/mol. The minimum absolute atomic E-state index is 0.0923. The molecule has 4 heteroatoms. The summed E-state index contributed by atoms with van der Waals surface area (Å²) in [5.74, 6) is 1.08. The Bertz CT molecular complexity index is 1090. The lowest BCUT2D eigenvalue weighted by Crippen LogP contribution is -2.37. The Hall–Kier alpha value is -2.46. The lowest BCUT2D eigenvalue weighted by atomic mass is 9.68. The smallest absolute Gasteiger partial charge is 0.159 e. The molecule has 3 heterocycles. The van der Waals surface area contributed by atoms with E-state index in [4.69, 9.17) is 9.98 Å². The van der Waals surface area contributed by atoms with Crippen molar-refractivity contribution in [2.75, 3.05) is 12.3 Å². The van der Waals surface area contributed by atoms with Crippen molar-refractivity contribution in [1.29, 1.82) is 0 Å². The van der Waals surface area contributed by atoms with E-state index in [1.165, 1.54) is 21.7 Å². The van der Waals surface area contributed by atoms with Crippen LogP contribution in [-0.4, -0.2) is 27.3 Å². The second-order valence-electron chi connectivity index (χ2n) is 7.35. The molecule has 0 fully saturated rings. The molecule has 0 saturated carbocycles. The zero-order valence-corrected chi connectivity index (χ0v) is 16.2. The van der Waals surface area contributed by atoms with E-state index < -0.39 is 0 Å². The maximum atomic E-state index is 4.91. The number of nitrogens with zero attached hydrogens (tertiary/aromatic N) is 3. The first-order valence-electron chi connectivity index (χ1n) is 9.40. The molecule has 1 atom stereocenters. The van der Waals surface area contributed by atoms with Crippen LogP contribution in [0.1, 0.15) is 23.7 Å². The fourth-order valence-electron chi connectivity index (χ4n) is 4.22. The molecule has 2 aromatic heterocycles. The van der Waals surface area contributed by atoms with Crippen molar-refractivity contribution >= 4 is 33.9 Å². The second kappa shape index (κ2) is 6.61. The van der Waals surface area contributed by atoms with Gasteiger partial charge in [-0.1, -0.05) is 35.9 Å². The normalized spacial score (nSPS) is 21.7. The Morgan fingerprint density at radius 2 is 2.00 bits per heavy atom. The molecular formula is C23H21N3S. The molecule has 3 nitrogen and oxygen atoms in total. The van der Waals surface area contributed by atoms with Crippen LogP contribution in [0.4, 0.5) is 0 Å². The molecule has 1 aliphatic heterocycles. The van der Waals surface area contributed by atoms with Crippen molar-refractivity contribution in [3.05, 3.63) is 77.1 Å². The average Bonchev–Trinajstić information content (AvgIpc) is 3.24. The van der Waals surface area contributed by atoms with E-state index in [1.807, 2.05) is 24.0 Å². The number of rotatable bonds is 3. The first kappa shape index (κ1) is 16.7. The van der Waals surface area contributed by atoms with Crippen LogP contribution in [-0.2, 0) is 12.8 Å². The van der Waals surface area contributed by atoms with E-state index in [0.717, 1.165) is 41.9 Å². The summed E-state index contributed by atoms with van der Waals surface area (Å²) < 4.78 is 0. The Balaban J connectivity index is 1.61. The van der Waals surface area contributed by atoms with Gasteiger partial charge in [0, 0.05) is 41.4 Å². The van der Waals surface area contributed by atoms with Gasteiger partial charge in [0.1, 0.15) is 0 Å². The van der Waals surface area contributed by atoms with E-state index in [9.17, 15) is 0 Å². The number of pyridine rings is 2. The number of aromatic nitrogens is 2. The van der Waals surface area contributed by atoms with Crippen LogP contribution in [0.15, 0.2) is 65.3 Å². The molecule has 0 radical (unpaired) electrons. The van der Waals surface area contributed by atoms with Crippen LogP contribution in [0.25, 0.3) is 17.1 Å². The molecule has 134 valence electrons. The van der Waals surface area contributed by atoms with Crippen LogP contribution in [0.5, 0.6) is 0 Å². The van der Waals surface area contributed by atoms with Gasteiger partial charge in [0.25, 0.3) is 0 Å². The number of aliphatic imine (C=N–C) groups is 1. The number of hydrogen-bond donors (Lipinski definition) is 0. The first-order chi connectivity index (χ1) is 13.2. The third-order valence-corrected chi connectivity index (χ3v) is 6.85. The van der Waals surface area contributed by atoms with Crippen molar-refractivity contribution in [2.24, 2.45) is 10.4 Å². The molecule has 0 bridgehead atoms. The Morgan fingerprint density at radius 3 is 2.89 bits per heavy atom. The molecule has 0 N–H and O–H groups in total. The summed E-state index contributed by atoms with van der Waals surface area (Å²) in [5, 5.41) is 2.36. The molecule has 5 rings (SSSR count). The van der Waals surface area contributed by atoms with Gasteiger partial charge >= 0.3 is 0 Å². The van der Waals surface area contributed by atoms with Crippen molar-refractivity contribution in [1.82, 2.24) is 9.97 Å². The van der Waals surface area contributed by atoms with E-state index in [-0.39, 0.29) is 5.41 Å². The molecule has 3 aromatic rings. The fourth-order valence-corrected chi connectivity index (χ4v) is 5.36. The van der Waals surface area contributed by atoms with E-state index in [1.54, 1.807) is 0 Å². The van der Waals surface area contributed by atoms with Gasteiger partial charge in [-0.05, 0) is 48.7 Å². The number of fused-ring (bicyclic) bond motifs is 2. The summed E-state index contributed by atoms with van der Waals surface area (Å²) >= 11 is 1.91. The van der Waals surface area contributed by atoms with Crippen LogP contribution < -0.4 is 0 Å². The highest BCUT2D eigenvalue weighted by Gasteiger charge is 2.42.